The van der Waals surface area contributed by atoms with Crippen LogP contribution in [0.15, 0.2) is 6.07 Å². The third-order valence-electron chi connectivity index (χ3n) is 4.44. The second-order valence-electron chi connectivity index (χ2n) is 5.89. The van der Waals surface area contributed by atoms with E-state index in [1.807, 2.05) is 0 Å². The lowest BCUT2D eigenvalue weighted by Gasteiger charge is -2.31. The van der Waals surface area contributed by atoms with E-state index in [0.29, 0.717) is 5.41 Å². The van der Waals surface area contributed by atoms with Crippen LogP contribution in [0.4, 0.5) is 0 Å². The molecule has 2 N–H and O–H groups in total. The van der Waals surface area contributed by atoms with Gasteiger partial charge in [-0.3, -0.25) is 4.68 Å². The molecule has 1 aromatic heterocycles. The van der Waals surface area contributed by atoms with E-state index < -0.39 is 0 Å². The molecular weight excluding hydrogens is 222 g/mol. The van der Waals surface area contributed by atoms with E-state index in [9.17, 15) is 0 Å². The maximum atomic E-state index is 6.12. The van der Waals surface area contributed by atoms with Crippen molar-refractivity contribution >= 4 is 0 Å². The van der Waals surface area contributed by atoms with Crippen molar-refractivity contribution < 1.29 is 0 Å². The van der Waals surface area contributed by atoms with E-state index in [1.54, 1.807) is 0 Å². The maximum absolute atomic E-state index is 6.12. The fraction of sp³-hybridized carbons (Fsp3) is 0.800. The first kappa shape index (κ1) is 13.6. The molecule has 0 aliphatic heterocycles. The lowest BCUT2D eigenvalue weighted by molar-refractivity contribution is 0.246. The maximum Gasteiger partial charge on any atom is 0.0596 e. The summed E-state index contributed by atoms with van der Waals surface area (Å²) >= 11 is 0. The second-order valence-corrected chi connectivity index (χ2v) is 5.89. The number of aromatic nitrogens is 2. The summed E-state index contributed by atoms with van der Waals surface area (Å²) in [6.45, 7) is 6.03. The van der Waals surface area contributed by atoms with Crippen LogP contribution in [0.5, 0.6) is 0 Å². The van der Waals surface area contributed by atoms with E-state index in [1.165, 1.54) is 44.2 Å². The molecule has 1 saturated carbocycles. The zero-order valence-corrected chi connectivity index (χ0v) is 11.9. The Labute approximate surface area is 111 Å². The summed E-state index contributed by atoms with van der Waals surface area (Å²) < 4.78 is 2.15. The van der Waals surface area contributed by atoms with Gasteiger partial charge in [-0.2, -0.15) is 5.10 Å². The zero-order chi connectivity index (χ0) is 13.0. The Balaban J connectivity index is 2.17. The average Bonchev–Trinajstić information content (AvgIpc) is 2.59. The molecule has 0 spiro atoms. The number of nitrogens with zero attached hydrogens (tertiary/aromatic N) is 2. The highest BCUT2D eigenvalue weighted by molar-refractivity contribution is 5.12. The molecule has 102 valence electrons. The molecule has 0 atom stereocenters. The fourth-order valence-electron chi connectivity index (χ4n) is 3.33. The van der Waals surface area contributed by atoms with Crippen molar-refractivity contribution in [1.82, 2.24) is 9.78 Å². The lowest BCUT2D eigenvalue weighted by atomic mass is 9.76. The predicted octanol–water partition coefficient (Wildman–Crippen LogP) is 3.05. The van der Waals surface area contributed by atoms with Crippen LogP contribution in [0.1, 0.15) is 56.8 Å². The zero-order valence-electron chi connectivity index (χ0n) is 11.9. The molecule has 1 fully saturated rings. The van der Waals surface area contributed by atoms with Gasteiger partial charge in [-0.25, -0.2) is 0 Å². The van der Waals surface area contributed by atoms with Gasteiger partial charge in [0, 0.05) is 12.2 Å². The molecule has 18 heavy (non-hydrogen) atoms. The van der Waals surface area contributed by atoms with Crippen LogP contribution in [0.25, 0.3) is 0 Å². The van der Waals surface area contributed by atoms with E-state index in [2.05, 4.69) is 29.7 Å². The SMILES string of the molecule is CCn1nc(C)cc1CC1(CN)CCCCCC1. The largest absolute Gasteiger partial charge is 0.330 e. The molecule has 0 aromatic carbocycles. The van der Waals surface area contributed by atoms with Gasteiger partial charge in [0.15, 0.2) is 0 Å². The van der Waals surface area contributed by atoms with E-state index in [-0.39, 0.29) is 0 Å². The Morgan fingerprint density at radius 2 is 1.94 bits per heavy atom. The standard InChI is InChI=1S/C15H27N3/c1-3-18-14(10-13(2)17-18)11-15(12-16)8-6-4-5-7-9-15/h10H,3-9,11-12,16H2,1-2H3. The summed E-state index contributed by atoms with van der Waals surface area (Å²) in [5.74, 6) is 0. The van der Waals surface area contributed by atoms with Crippen LogP contribution in [-0.4, -0.2) is 16.3 Å². The van der Waals surface area contributed by atoms with Crippen LogP contribution in [-0.2, 0) is 13.0 Å². The first-order valence-corrected chi connectivity index (χ1v) is 7.42. The highest BCUT2D eigenvalue weighted by Gasteiger charge is 2.30. The number of rotatable bonds is 4. The van der Waals surface area contributed by atoms with Crippen LogP contribution < -0.4 is 5.73 Å². The van der Waals surface area contributed by atoms with Crippen molar-refractivity contribution in [1.29, 1.82) is 0 Å². The number of nitrogens with two attached hydrogens (primary N) is 1. The van der Waals surface area contributed by atoms with Gasteiger partial charge in [-0.15, -0.1) is 0 Å². The molecule has 3 nitrogen and oxygen atoms in total. The third-order valence-corrected chi connectivity index (χ3v) is 4.44. The molecule has 0 amide bonds. The third kappa shape index (κ3) is 2.94. The molecule has 3 heteroatoms. The quantitative estimate of drug-likeness (QED) is 0.833. The summed E-state index contributed by atoms with van der Waals surface area (Å²) in [6.07, 6.45) is 9.14. The minimum absolute atomic E-state index is 0.329. The molecule has 0 radical (unpaired) electrons. The van der Waals surface area contributed by atoms with Crippen LogP contribution in [0, 0.1) is 12.3 Å². The summed E-state index contributed by atoms with van der Waals surface area (Å²) in [5.41, 5.74) is 8.96. The van der Waals surface area contributed by atoms with Crippen LogP contribution in [0.2, 0.25) is 0 Å². The Hall–Kier alpha value is -0.830. The highest BCUT2D eigenvalue weighted by Crippen LogP contribution is 2.37. The molecule has 1 heterocycles. The fourth-order valence-corrected chi connectivity index (χ4v) is 3.33. The Morgan fingerprint density at radius 3 is 2.50 bits per heavy atom. The number of hydrogen-bond acceptors (Lipinski definition) is 2. The van der Waals surface area contributed by atoms with Gasteiger partial charge in [-0.05, 0) is 51.1 Å². The topological polar surface area (TPSA) is 43.8 Å². The monoisotopic (exact) mass is 249 g/mol. The Bertz CT molecular complexity index is 373. The van der Waals surface area contributed by atoms with Gasteiger partial charge in [0.1, 0.15) is 0 Å². The first-order valence-electron chi connectivity index (χ1n) is 7.42. The van der Waals surface area contributed by atoms with E-state index in [4.69, 9.17) is 5.73 Å². The van der Waals surface area contributed by atoms with Crippen molar-refractivity contribution in [3.63, 3.8) is 0 Å². The molecule has 0 unspecified atom stereocenters. The molecule has 2 rings (SSSR count). The molecule has 1 aliphatic carbocycles. The summed E-state index contributed by atoms with van der Waals surface area (Å²) in [4.78, 5) is 0. The Kier molecular flexibility index (Phi) is 4.44. The number of aryl methyl sites for hydroxylation is 2. The van der Waals surface area contributed by atoms with E-state index in [0.717, 1.165) is 25.2 Å². The Morgan fingerprint density at radius 1 is 1.28 bits per heavy atom. The summed E-state index contributed by atoms with van der Waals surface area (Å²) in [6, 6.07) is 2.24. The predicted molar refractivity (Wildman–Crippen MR) is 75.5 cm³/mol. The normalized spacial score (nSPS) is 19.7. The summed E-state index contributed by atoms with van der Waals surface area (Å²) in [7, 11) is 0. The van der Waals surface area contributed by atoms with Gasteiger partial charge in [0.05, 0.1) is 5.69 Å². The molecule has 0 saturated heterocycles. The molecule has 1 aliphatic rings. The first-order chi connectivity index (χ1) is 8.69. The number of hydrogen-bond donors (Lipinski definition) is 1. The van der Waals surface area contributed by atoms with Gasteiger partial charge in [0.25, 0.3) is 0 Å². The van der Waals surface area contributed by atoms with Crippen molar-refractivity contribution in [3.8, 4) is 0 Å². The van der Waals surface area contributed by atoms with Crippen molar-refractivity contribution in [3.05, 3.63) is 17.5 Å². The highest BCUT2D eigenvalue weighted by atomic mass is 15.3. The molecular formula is C15H27N3. The van der Waals surface area contributed by atoms with Crippen LogP contribution in [0.3, 0.4) is 0 Å². The minimum atomic E-state index is 0.329. The van der Waals surface area contributed by atoms with Gasteiger partial charge in [-0.1, -0.05) is 25.7 Å². The van der Waals surface area contributed by atoms with E-state index >= 15 is 0 Å². The smallest absolute Gasteiger partial charge is 0.0596 e. The van der Waals surface area contributed by atoms with Crippen LogP contribution >= 0.6 is 0 Å². The average molecular weight is 249 g/mol. The van der Waals surface area contributed by atoms with Crippen molar-refractivity contribution in [2.45, 2.75) is 65.3 Å². The lowest BCUT2D eigenvalue weighted by Crippen LogP contribution is -2.33. The molecule has 0 bridgehead atoms. The van der Waals surface area contributed by atoms with Crippen molar-refractivity contribution in [2.24, 2.45) is 11.1 Å². The molecule has 1 aromatic rings. The second kappa shape index (κ2) is 5.87. The summed E-state index contributed by atoms with van der Waals surface area (Å²) in [5, 5.41) is 4.56. The van der Waals surface area contributed by atoms with Crippen molar-refractivity contribution in [2.75, 3.05) is 6.54 Å². The van der Waals surface area contributed by atoms with Gasteiger partial charge < -0.3 is 5.73 Å². The van der Waals surface area contributed by atoms with Gasteiger partial charge >= 0.3 is 0 Å². The van der Waals surface area contributed by atoms with Gasteiger partial charge in [0.2, 0.25) is 0 Å². The minimum Gasteiger partial charge on any atom is -0.330 e.